The van der Waals surface area contributed by atoms with Crippen LogP contribution in [0.2, 0.25) is 0 Å². The molecule has 1 aromatic heterocycles. The summed E-state index contributed by atoms with van der Waals surface area (Å²) < 4.78 is 29.3. The van der Waals surface area contributed by atoms with Gasteiger partial charge in [-0.25, -0.2) is 18.1 Å². The number of anilines is 2. The van der Waals surface area contributed by atoms with Gasteiger partial charge in [-0.15, -0.1) is 6.42 Å². The van der Waals surface area contributed by atoms with E-state index in [0.29, 0.717) is 23.5 Å². The summed E-state index contributed by atoms with van der Waals surface area (Å²) >= 11 is 0. The van der Waals surface area contributed by atoms with Crippen molar-refractivity contribution in [3.8, 4) is 12.3 Å². The Labute approximate surface area is 212 Å². The highest BCUT2D eigenvalue weighted by Crippen LogP contribution is 2.46. The first-order chi connectivity index (χ1) is 17.1. The number of benzene rings is 2. The number of carbonyl (C=O) groups is 1. The second-order valence-electron chi connectivity index (χ2n) is 9.47. The average molecular weight is 503 g/mol. The van der Waals surface area contributed by atoms with Gasteiger partial charge in [0, 0.05) is 17.9 Å². The van der Waals surface area contributed by atoms with Crippen molar-refractivity contribution >= 4 is 27.4 Å². The highest BCUT2D eigenvalue weighted by molar-refractivity contribution is 7.89. The number of nitrogens with one attached hydrogen (secondary N) is 3. The Kier molecular flexibility index (Phi) is 7.16. The molecule has 0 radical (unpaired) electrons. The van der Waals surface area contributed by atoms with Gasteiger partial charge < -0.3 is 10.6 Å². The monoisotopic (exact) mass is 502 g/mol. The van der Waals surface area contributed by atoms with Crippen LogP contribution in [0, 0.1) is 12.3 Å². The maximum absolute atomic E-state index is 13.2. The molecule has 186 valence electrons. The van der Waals surface area contributed by atoms with Crippen LogP contribution in [0.3, 0.4) is 0 Å². The first kappa shape index (κ1) is 25.4. The van der Waals surface area contributed by atoms with E-state index in [-0.39, 0.29) is 22.8 Å². The molecule has 0 aliphatic heterocycles. The normalized spacial score (nSPS) is 16.1. The van der Waals surface area contributed by atoms with Gasteiger partial charge in [-0.1, -0.05) is 44.9 Å². The first-order valence-corrected chi connectivity index (χ1v) is 13.3. The molecule has 36 heavy (non-hydrogen) atoms. The first-order valence-electron chi connectivity index (χ1n) is 11.8. The Balaban J connectivity index is 1.62. The van der Waals surface area contributed by atoms with E-state index in [4.69, 9.17) is 6.42 Å². The number of amides is 1. The Morgan fingerprint density at radius 3 is 2.61 bits per heavy atom. The second-order valence-corrected chi connectivity index (χ2v) is 11.2. The summed E-state index contributed by atoms with van der Waals surface area (Å²) in [5.74, 6) is 2.44. The third-order valence-electron chi connectivity index (χ3n) is 6.48. The minimum Gasteiger partial charge on any atom is -0.341 e. The van der Waals surface area contributed by atoms with Gasteiger partial charge in [0.25, 0.3) is 5.91 Å². The molecule has 3 N–H and O–H groups in total. The summed E-state index contributed by atoms with van der Waals surface area (Å²) in [5, 5.41) is 5.86. The van der Waals surface area contributed by atoms with Crippen molar-refractivity contribution in [2.45, 2.75) is 50.0 Å². The van der Waals surface area contributed by atoms with Crippen LogP contribution in [0.15, 0.2) is 65.7 Å². The molecule has 1 heterocycles. The zero-order chi connectivity index (χ0) is 25.9. The fourth-order valence-electron chi connectivity index (χ4n) is 4.59. The molecule has 8 heteroatoms. The molecule has 0 bridgehead atoms. The number of rotatable bonds is 8. The van der Waals surface area contributed by atoms with Crippen LogP contribution in [0.5, 0.6) is 0 Å². The van der Waals surface area contributed by atoms with Crippen LogP contribution in [0.4, 0.5) is 11.5 Å². The van der Waals surface area contributed by atoms with Gasteiger partial charge in [0.15, 0.2) is 0 Å². The standard InChI is InChI=1S/C28H30N4O3S/c1-5-15-30-27(33)22-8-7-16-29-26(22)31-20-11-14-24-23(17-20)25(18-28(24,3)4)32-36(34,35)21-12-9-19(6-2)10-13-21/h1,7-14,16-17,25,32H,6,15,18H2,2-4H3,(H,29,31)(H,30,33). The van der Waals surface area contributed by atoms with Crippen molar-refractivity contribution in [1.82, 2.24) is 15.0 Å². The SMILES string of the molecule is C#CCNC(=O)c1cccnc1Nc1ccc2c(c1)C(NS(=O)(=O)c1ccc(CC)cc1)CC2(C)C. The molecule has 2 aromatic carbocycles. The lowest BCUT2D eigenvalue weighted by Crippen LogP contribution is -2.28. The van der Waals surface area contributed by atoms with Gasteiger partial charge in [-0.3, -0.25) is 4.79 Å². The van der Waals surface area contributed by atoms with Crippen LogP contribution in [-0.4, -0.2) is 25.9 Å². The van der Waals surface area contributed by atoms with Crippen molar-refractivity contribution in [2.24, 2.45) is 0 Å². The van der Waals surface area contributed by atoms with Crippen molar-refractivity contribution in [1.29, 1.82) is 0 Å². The van der Waals surface area contributed by atoms with Gasteiger partial charge >= 0.3 is 0 Å². The van der Waals surface area contributed by atoms with Crippen LogP contribution < -0.4 is 15.4 Å². The number of pyridine rings is 1. The van der Waals surface area contributed by atoms with Gasteiger partial charge in [-0.05, 0) is 71.3 Å². The predicted molar refractivity (Wildman–Crippen MR) is 142 cm³/mol. The fourth-order valence-corrected chi connectivity index (χ4v) is 5.81. The number of nitrogens with zero attached hydrogens (tertiary/aromatic N) is 1. The summed E-state index contributed by atoms with van der Waals surface area (Å²) in [4.78, 5) is 17.1. The molecule has 3 aromatic rings. The molecular weight excluding hydrogens is 472 g/mol. The highest BCUT2D eigenvalue weighted by atomic mass is 32.2. The summed E-state index contributed by atoms with van der Waals surface area (Å²) in [6, 6.07) is 15.8. The number of fused-ring (bicyclic) bond motifs is 1. The Morgan fingerprint density at radius 2 is 1.92 bits per heavy atom. The van der Waals surface area contributed by atoms with Gasteiger partial charge in [0.1, 0.15) is 5.82 Å². The number of aromatic nitrogens is 1. The minimum atomic E-state index is -3.71. The number of aryl methyl sites for hydroxylation is 1. The predicted octanol–water partition coefficient (Wildman–Crippen LogP) is 4.45. The van der Waals surface area contributed by atoms with Gasteiger partial charge in [-0.2, -0.15) is 0 Å². The quantitative estimate of drug-likeness (QED) is 0.395. The third kappa shape index (κ3) is 5.27. The van der Waals surface area contributed by atoms with E-state index in [1.54, 1.807) is 30.5 Å². The second kappa shape index (κ2) is 10.1. The van der Waals surface area contributed by atoms with Crippen LogP contribution in [0.25, 0.3) is 0 Å². The zero-order valence-corrected chi connectivity index (χ0v) is 21.4. The highest BCUT2D eigenvalue weighted by Gasteiger charge is 2.39. The molecule has 1 atom stereocenters. The van der Waals surface area contributed by atoms with Crippen LogP contribution in [0.1, 0.15) is 60.3 Å². The van der Waals surface area contributed by atoms with E-state index in [1.807, 2.05) is 37.3 Å². The van der Waals surface area contributed by atoms with Crippen molar-refractivity contribution in [3.05, 3.63) is 83.0 Å². The molecule has 0 spiro atoms. The average Bonchev–Trinajstić information content (AvgIpc) is 3.11. The van der Waals surface area contributed by atoms with Crippen LogP contribution in [-0.2, 0) is 21.9 Å². The molecule has 1 aliphatic carbocycles. The minimum absolute atomic E-state index is 0.115. The summed E-state index contributed by atoms with van der Waals surface area (Å²) in [6.45, 7) is 6.36. The van der Waals surface area contributed by atoms with E-state index in [2.05, 4.69) is 40.1 Å². The van der Waals surface area contributed by atoms with Crippen molar-refractivity contribution < 1.29 is 13.2 Å². The smallest absolute Gasteiger partial charge is 0.255 e. The molecule has 0 saturated heterocycles. The van der Waals surface area contributed by atoms with E-state index in [1.165, 1.54) is 0 Å². The largest absolute Gasteiger partial charge is 0.341 e. The Hall–Kier alpha value is -3.67. The Bertz CT molecular complexity index is 1420. The number of carbonyl (C=O) groups excluding carboxylic acids is 1. The number of sulfonamides is 1. The van der Waals surface area contributed by atoms with Crippen LogP contribution >= 0.6 is 0 Å². The zero-order valence-electron chi connectivity index (χ0n) is 20.6. The number of terminal acetylenes is 1. The summed E-state index contributed by atoms with van der Waals surface area (Å²) in [5.41, 5.74) is 3.91. The summed E-state index contributed by atoms with van der Waals surface area (Å²) in [7, 11) is -3.71. The lowest BCUT2D eigenvalue weighted by Gasteiger charge is -2.19. The topological polar surface area (TPSA) is 100 Å². The van der Waals surface area contributed by atoms with E-state index >= 15 is 0 Å². The van der Waals surface area contributed by atoms with E-state index in [0.717, 1.165) is 23.1 Å². The van der Waals surface area contributed by atoms with Crippen molar-refractivity contribution in [3.63, 3.8) is 0 Å². The van der Waals surface area contributed by atoms with Crippen molar-refractivity contribution in [2.75, 3.05) is 11.9 Å². The fraction of sp³-hybridized carbons (Fsp3) is 0.286. The maximum atomic E-state index is 13.2. The third-order valence-corrected chi connectivity index (χ3v) is 7.96. The molecule has 1 amide bonds. The van der Waals surface area contributed by atoms with Gasteiger partial charge in [0.05, 0.1) is 17.0 Å². The molecule has 1 aliphatic rings. The van der Waals surface area contributed by atoms with Gasteiger partial charge in [0.2, 0.25) is 10.0 Å². The summed E-state index contributed by atoms with van der Waals surface area (Å²) in [6.07, 6.45) is 8.32. The number of hydrogen-bond donors (Lipinski definition) is 3. The molecule has 4 rings (SSSR count). The van der Waals surface area contributed by atoms with E-state index in [9.17, 15) is 13.2 Å². The molecule has 1 unspecified atom stereocenters. The molecule has 7 nitrogen and oxygen atoms in total. The lowest BCUT2D eigenvalue weighted by molar-refractivity contribution is 0.0959. The molecular formula is C28H30N4O3S. The Morgan fingerprint density at radius 1 is 1.17 bits per heavy atom. The lowest BCUT2D eigenvalue weighted by atomic mass is 9.86. The molecule has 0 fully saturated rings. The maximum Gasteiger partial charge on any atom is 0.255 e. The van der Waals surface area contributed by atoms with E-state index < -0.39 is 16.1 Å². The molecule has 0 saturated carbocycles. The number of hydrogen-bond acceptors (Lipinski definition) is 5.